The van der Waals surface area contributed by atoms with Crippen LogP contribution >= 0.6 is 11.5 Å². The van der Waals surface area contributed by atoms with Gasteiger partial charge in [0.25, 0.3) is 0 Å². The maximum absolute atomic E-state index is 11.6. The van der Waals surface area contributed by atoms with Gasteiger partial charge in [-0.25, -0.2) is 9.59 Å². The van der Waals surface area contributed by atoms with E-state index in [2.05, 4.69) is 26.4 Å². The van der Waals surface area contributed by atoms with Crippen LogP contribution in [0.2, 0.25) is 0 Å². The van der Waals surface area contributed by atoms with Gasteiger partial charge in [-0.2, -0.15) is 9.36 Å². The molecule has 2 N–H and O–H groups in total. The summed E-state index contributed by atoms with van der Waals surface area (Å²) in [5.41, 5.74) is -1.14. The molecule has 0 aliphatic heterocycles. The van der Waals surface area contributed by atoms with Gasteiger partial charge >= 0.3 is 12.1 Å². The average Bonchev–Trinajstić information content (AvgIpc) is 2.79. The quantitative estimate of drug-likeness (QED) is 0.353. The second-order valence-corrected chi connectivity index (χ2v) is 5.63. The van der Waals surface area contributed by atoms with Gasteiger partial charge in [-0.15, -0.1) is 0 Å². The number of amides is 1. The van der Waals surface area contributed by atoms with Crippen molar-refractivity contribution < 1.29 is 24.3 Å². The topological polar surface area (TPSA) is 123 Å². The lowest BCUT2D eigenvalue weighted by Gasteiger charge is -2.18. The molecule has 9 nitrogen and oxygen atoms in total. The lowest BCUT2D eigenvalue weighted by atomic mass is 10.2. The molecule has 1 heterocycles. The fraction of sp³-hybridized carbons (Fsp3) is 0.417. The molecule has 1 aromatic heterocycles. The summed E-state index contributed by atoms with van der Waals surface area (Å²) >= 11 is 0.796. The number of nitrogens with one attached hydrogen (secondary N) is 1. The van der Waals surface area contributed by atoms with E-state index in [9.17, 15) is 9.59 Å². The Morgan fingerprint density at radius 2 is 2.18 bits per heavy atom. The zero-order valence-corrected chi connectivity index (χ0v) is 13.1. The van der Waals surface area contributed by atoms with Crippen molar-refractivity contribution in [3.05, 3.63) is 18.5 Å². The number of hydrogen-bond donors (Lipinski definition) is 2. The van der Waals surface area contributed by atoms with Gasteiger partial charge in [-0.05, 0) is 20.8 Å². The van der Waals surface area contributed by atoms with E-state index >= 15 is 0 Å². The van der Waals surface area contributed by atoms with Crippen LogP contribution in [-0.2, 0) is 14.4 Å². The average molecular weight is 328 g/mol. The summed E-state index contributed by atoms with van der Waals surface area (Å²) in [5, 5.41) is 14.9. The van der Waals surface area contributed by atoms with E-state index in [1.54, 1.807) is 20.8 Å². The monoisotopic (exact) mass is 328 g/mol. The lowest BCUT2D eigenvalue weighted by molar-refractivity contribution is -0.129. The Morgan fingerprint density at radius 1 is 1.50 bits per heavy atom. The van der Waals surface area contributed by atoms with E-state index in [4.69, 9.17) is 14.7 Å². The van der Waals surface area contributed by atoms with Crippen LogP contribution in [0.4, 0.5) is 9.93 Å². The molecular formula is C12H16N4O5S. The number of oxime groups is 1. The predicted molar refractivity (Wildman–Crippen MR) is 80.1 cm³/mol. The first-order valence-electron chi connectivity index (χ1n) is 6.11. The molecule has 0 aliphatic carbocycles. The first kappa shape index (κ1) is 17.6. The van der Waals surface area contributed by atoms with Crippen molar-refractivity contribution in [3.8, 4) is 0 Å². The molecule has 0 bridgehead atoms. The SMILES string of the molecule is C=CCO/N=C(\C(=O)O)c1nsc(NC(=O)OC(C)(C)C)n1. The number of carboxylic acid groups (broad SMARTS) is 1. The van der Waals surface area contributed by atoms with Gasteiger partial charge in [-0.1, -0.05) is 17.8 Å². The van der Waals surface area contributed by atoms with E-state index in [0.29, 0.717) is 0 Å². The van der Waals surface area contributed by atoms with Crippen molar-refractivity contribution in [3.63, 3.8) is 0 Å². The molecule has 1 aromatic rings. The van der Waals surface area contributed by atoms with E-state index in [1.807, 2.05) is 0 Å². The van der Waals surface area contributed by atoms with Gasteiger partial charge < -0.3 is 14.7 Å². The van der Waals surface area contributed by atoms with Crippen molar-refractivity contribution in [2.24, 2.45) is 5.16 Å². The van der Waals surface area contributed by atoms with Gasteiger partial charge in [0.05, 0.1) is 0 Å². The zero-order chi connectivity index (χ0) is 16.8. The highest BCUT2D eigenvalue weighted by molar-refractivity contribution is 7.10. The Hall–Kier alpha value is -2.49. The van der Waals surface area contributed by atoms with Crippen molar-refractivity contribution >= 4 is 34.4 Å². The fourth-order valence-corrected chi connectivity index (χ4v) is 1.65. The van der Waals surface area contributed by atoms with E-state index in [1.165, 1.54) is 6.08 Å². The maximum Gasteiger partial charge on any atom is 0.414 e. The number of ether oxygens (including phenoxy) is 1. The number of rotatable bonds is 6. The molecule has 0 spiro atoms. The molecular weight excluding hydrogens is 312 g/mol. The number of nitrogens with zero attached hydrogens (tertiary/aromatic N) is 3. The van der Waals surface area contributed by atoms with Gasteiger partial charge in [0, 0.05) is 11.5 Å². The van der Waals surface area contributed by atoms with Crippen LogP contribution in [-0.4, -0.2) is 44.4 Å². The van der Waals surface area contributed by atoms with Crippen LogP contribution in [0.3, 0.4) is 0 Å². The highest BCUT2D eigenvalue weighted by atomic mass is 32.1. The first-order valence-corrected chi connectivity index (χ1v) is 6.88. The van der Waals surface area contributed by atoms with Gasteiger partial charge in [-0.3, -0.25) is 5.32 Å². The molecule has 0 atom stereocenters. The standard InChI is InChI=1S/C12H16N4O5S/c1-5-6-20-15-7(9(17)18)8-13-10(22-16-8)14-11(19)21-12(2,3)4/h5H,1,6H2,2-4H3,(H,17,18)(H,13,14,16,19)/b15-7-. The summed E-state index contributed by atoms with van der Waals surface area (Å²) < 4.78 is 8.85. The first-order chi connectivity index (χ1) is 10.2. The molecule has 0 aromatic carbocycles. The molecule has 120 valence electrons. The van der Waals surface area contributed by atoms with Crippen molar-refractivity contribution in [2.45, 2.75) is 26.4 Å². The smallest absolute Gasteiger partial charge is 0.414 e. The molecule has 22 heavy (non-hydrogen) atoms. The second kappa shape index (κ2) is 7.50. The molecule has 0 radical (unpaired) electrons. The minimum absolute atomic E-state index is 0.0456. The molecule has 0 aliphatic rings. The third-order valence-electron chi connectivity index (χ3n) is 1.80. The molecule has 0 saturated carbocycles. The largest absolute Gasteiger partial charge is 0.476 e. The van der Waals surface area contributed by atoms with Crippen LogP contribution in [0.5, 0.6) is 0 Å². The summed E-state index contributed by atoms with van der Waals surface area (Å²) in [6.07, 6.45) is 0.694. The van der Waals surface area contributed by atoms with Crippen LogP contribution in [0.15, 0.2) is 17.8 Å². The Bertz CT molecular complexity index is 591. The van der Waals surface area contributed by atoms with Crippen LogP contribution in [0.1, 0.15) is 26.6 Å². The van der Waals surface area contributed by atoms with Crippen LogP contribution < -0.4 is 5.32 Å². The Kier molecular flexibility index (Phi) is 5.99. The number of carbonyl (C=O) groups excluding carboxylic acids is 1. The number of aliphatic carboxylic acids is 1. The summed E-state index contributed by atoms with van der Waals surface area (Å²) in [6.45, 7) is 8.59. The number of anilines is 1. The second-order valence-electron chi connectivity index (χ2n) is 4.88. The van der Waals surface area contributed by atoms with Crippen molar-refractivity contribution in [2.75, 3.05) is 11.9 Å². The summed E-state index contributed by atoms with van der Waals surface area (Å²) in [7, 11) is 0. The maximum atomic E-state index is 11.6. The molecule has 10 heteroatoms. The minimum Gasteiger partial charge on any atom is -0.476 e. The third kappa shape index (κ3) is 5.87. The highest BCUT2D eigenvalue weighted by Crippen LogP contribution is 2.14. The number of aromatic nitrogens is 2. The molecule has 0 unspecified atom stereocenters. The fourth-order valence-electron chi connectivity index (χ4n) is 1.09. The molecule has 0 saturated heterocycles. The van der Waals surface area contributed by atoms with Gasteiger partial charge in [0.1, 0.15) is 12.2 Å². The minimum atomic E-state index is -1.36. The van der Waals surface area contributed by atoms with Crippen molar-refractivity contribution in [1.82, 2.24) is 9.36 Å². The third-order valence-corrected chi connectivity index (χ3v) is 2.43. The summed E-state index contributed by atoms with van der Waals surface area (Å²) in [6, 6.07) is 0. The van der Waals surface area contributed by atoms with Gasteiger partial charge in [0.2, 0.25) is 16.7 Å². The molecule has 1 rings (SSSR count). The molecule has 1 amide bonds. The van der Waals surface area contributed by atoms with Crippen LogP contribution in [0, 0.1) is 0 Å². The Balaban J connectivity index is 2.80. The predicted octanol–water partition coefficient (Wildman–Crippen LogP) is 1.88. The normalized spacial score (nSPS) is 11.7. The van der Waals surface area contributed by atoms with E-state index in [0.717, 1.165) is 11.5 Å². The molecule has 0 fully saturated rings. The Morgan fingerprint density at radius 3 is 2.73 bits per heavy atom. The lowest BCUT2D eigenvalue weighted by Crippen LogP contribution is -2.27. The summed E-state index contributed by atoms with van der Waals surface area (Å²) in [4.78, 5) is 31.2. The van der Waals surface area contributed by atoms with E-state index < -0.39 is 23.4 Å². The number of hydrogen-bond acceptors (Lipinski definition) is 8. The number of carboxylic acids is 1. The van der Waals surface area contributed by atoms with Crippen molar-refractivity contribution in [1.29, 1.82) is 0 Å². The Labute approximate surface area is 130 Å². The van der Waals surface area contributed by atoms with E-state index in [-0.39, 0.29) is 17.6 Å². The highest BCUT2D eigenvalue weighted by Gasteiger charge is 2.22. The van der Waals surface area contributed by atoms with Crippen LogP contribution in [0.25, 0.3) is 0 Å². The summed E-state index contributed by atoms with van der Waals surface area (Å²) in [5.74, 6) is -1.53. The number of carbonyl (C=O) groups is 2. The zero-order valence-electron chi connectivity index (χ0n) is 12.3. The van der Waals surface area contributed by atoms with Gasteiger partial charge in [0.15, 0.2) is 0 Å².